The van der Waals surface area contributed by atoms with Crippen molar-refractivity contribution >= 4 is 17.3 Å². The summed E-state index contributed by atoms with van der Waals surface area (Å²) >= 11 is 1.37. The normalized spacial score (nSPS) is 10.2. The van der Waals surface area contributed by atoms with Crippen molar-refractivity contribution < 1.29 is 13.9 Å². The summed E-state index contributed by atoms with van der Waals surface area (Å²) in [6, 6.07) is 7.29. The van der Waals surface area contributed by atoms with Gasteiger partial charge in [0.15, 0.2) is 0 Å². The van der Waals surface area contributed by atoms with Gasteiger partial charge in [-0.1, -0.05) is 0 Å². The van der Waals surface area contributed by atoms with Crippen molar-refractivity contribution in [3.63, 3.8) is 0 Å². The molecule has 0 aromatic carbocycles. The molecule has 0 spiro atoms. The van der Waals surface area contributed by atoms with Gasteiger partial charge in [-0.15, -0.1) is 11.3 Å². The lowest BCUT2D eigenvalue weighted by Crippen LogP contribution is -2.01. The number of rotatable bonds is 3. The Labute approximate surface area is 91.3 Å². The van der Waals surface area contributed by atoms with Crippen LogP contribution in [0.15, 0.2) is 34.9 Å². The third kappa shape index (κ3) is 2.10. The number of thiophene rings is 1. The molecule has 4 heteroatoms. The Kier molecular flexibility index (Phi) is 2.87. The van der Waals surface area contributed by atoms with Gasteiger partial charge in [-0.25, -0.2) is 4.79 Å². The Morgan fingerprint density at radius 2 is 2.33 bits per heavy atom. The van der Waals surface area contributed by atoms with E-state index in [0.29, 0.717) is 11.5 Å². The van der Waals surface area contributed by atoms with Crippen molar-refractivity contribution in [2.75, 3.05) is 6.61 Å². The fourth-order valence-electron chi connectivity index (χ4n) is 1.20. The maximum Gasteiger partial charge on any atom is 0.348 e. The Balaban J connectivity index is 2.21. The molecule has 0 radical (unpaired) electrons. The van der Waals surface area contributed by atoms with Crippen LogP contribution in [0.5, 0.6) is 0 Å². The molecular weight excluding hydrogens is 212 g/mol. The van der Waals surface area contributed by atoms with Gasteiger partial charge in [0, 0.05) is 0 Å². The fraction of sp³-hybridized carbons (Fsp3) is 0.182. The smallest absolute Gasteiger partial charge is 0.348 e. The molecule has 0 bridgehead atoms. The minimum absolute atomic E-state index is 0.277. The van der Waals surface area contributed by atoms with Crippen LogP contribution in [0.4, 0.5) is 0 Å². The molecule has 78 valence electrons. The molecular formula is C11H10O3S. The van der Waals surface area contributed by atoms with Crippen LogP contribution < -0.4 is 0 Å². The second-order valence-electron chi connectivity index (χ2n) is 2.86. The van der Waals surface area contributed by atoms with Gasteiger partial charge >= 0.3 is 5.97 Å². The van der Waals surface area contributed by atoms with Gasteiger partial charge in [-0.3, -0.25) is 0 Å². The standard InChI is InChI=1S/C11H10O3S/c1-2-13-11(12)10-6-5-9(15-10)8-4-3-7-14-8/h3-7H,2H2,1H3. The lowest BCUT2D eigenvalue weighted by atomic mass is 10.3. The van der Waals surface area contributed by atoms with Crippen LogP contribution in [0, 0.1) is 0 Å². The van der Waals surface area contributed by atoms with Crippen LogP contribution in [-0.2, 0) is 4.74 Å². The van der Waals surface area contributed by atoms with Gasteiger partial charge in [-0.2, -0.15) is 0 Å². The molecule has 0 fully saturated rings. The number of carbonyl (C=O) groups excluding carboxylic acids is 1. The van der Waals surface area contributed by atoms with Crippen molar-refractivity contribution in [2.45, 2.75) is 6.92 Å². The second-order valence-corrected chi connectivity index (χ2v) is 3.95. The first-order chi connectivity index (χ1) is 7.31. The van der Waals surface area contributed by atoms with Gasteiger partial charge in [0.1, 0.15) is 10.6 Å². The number of esters is 1. The average Bonchev–Trinajstić information content (AvgIpc) is 2.89. The highest BCUT2D eigenvalue weighted by molar-refractivity contribution is 7.17. The molecule has 0 N–H and O–H groups in total. The molecule has 0 aliphatic heterocycles. The van der Waals surface area contributed by atoms with Crippen LogP contribution in [0.3, 0.4) is 0 Å². The molecule has 2 aromatic rings. The Morgan fingerprint density at radius 3 is 3.00 bits per heavy atom. The molecule has 2 aromatic heterocycles. The molecule has 2 rings (SSSR count). The maximum absolute atomic E-state index is 11.4. The van der Waals surface area contributed by atoms with E-state index in [1.54, 1.807) is 19.3 Å². The highest BCUT2D eigenvalue weighted by atomic mass is 32.1. The summed E-state index contributed by atoms with van der Waals surface area (Å²) in [7, 11) is 0. The Morgan fingerprint density at radius 1 is 1.47 bits per heavy atom. The SMILES string of the molecule is CCOC(=O)c1ccc(-c2ccco2)s1. The van der Waals surface area contributed by atoms with Crippen molar-refractivity contribution in [1.29, 1.82) is 0 Å². The van der Waals surface area contributed by atoms with Crippen LogP contribution in [-0.4, -0.2) is 12.6 Å². The summed E-state index contributed by atoms with van der Waals surface area (Å²) in [5, 5.41) is 0. The van der Waals surface area contributed by atoms with Crippen molar-refractivity contribution in [3.05, 3.63) is 35.4 Å². The predicted octanol–water partition coefficient (Wildman–Crippen LogP) is 3.18. The average molecular weight is 222 g/mol. The lowest BCUT2D eigenvalue weighted by Gasteiger charge is -1.96. The molecule has 0 unspecified atom stereocenters. The highest BCUT2D eigenvalue weighted by Crippen LogP contribution is 2.28. The molecule has 0 aliphatic rings. The third-order valence-electron chi connectivity index (χ3n) is 1.85. The first-order valence-corrected chi connectivity index (χ1v) is 5.43. The van der Waals surface area contributed by atoms with Gasteiger partial charge in [0.25, 0.3) is 0 Å². The first kappa shape index (κ1) is 9.98. The number of carbonyl (C=O) groups is 1. The maximum atomic E-state index is 11.4. The Bertz CT molecular complexity index is 442. The summed E-state index contributed by atoms with van der Waals surface area (Å²) in [6.45, 7) is 2.19. The third-order valence-corrected chi connectivity index (χ3v) is 2.93. The van der Waals surface area contributed by atoms with Crippen LogP contribution in [0.25, 0.3) is 10.6 Å². The molecule has 0 saturated heterocycles. The van der Waals surface area contributed by atoms with E-state index in [2.05, 4.69) is 0 Å². The molecule has 2 heterocycles. The van der Waals surface area contributed by atoms with Gasteiger partial charge in [-0.05, 0) is 31.2 Å². The fourth-order valence-corrected chi connectivity index (χ4v) is 2.07. The van der Waals surface area contributed by atoms with Gasteiger partial charge in [0.05, 0.1) is 17.7 Å². The molecule has 0 atom stereocenters. The molecule has 0 amide bonds. The summed E-state index contributed by atoms with van der Waals surface area (Å²) in [5.41, 5.74) is 0. The molecule has 0 saturated carbocycles. The van der Waals surface area contributed by atoms with Gasteiger partial charge < -0.3 is 9.15 Å². The summed E-state index contributed by atoms with van der Waals surface area (Å²) in [4.78, 5) is 12.9. The zero-order chi connectivity index (χ0) is 10.7. The zero-order valence-corrected chi connectivity index (χ0v) is 9.04. The largest absolute Gasteiger partial charge is 0.464 e. The van der Waals surface area contributed by atoms with Gasteiger partial charge in [0.2, 0.25) is 0 Å². The van der Waals surface area contributed by atoms with Crippen LogP contribution in [0.1, 0.15) is 16.6 Å². The van der Waals surface area contributed by atoms with E-state index in [0.717, 1.165) is 10.6 Å². The lowest BCUT2D eigenvalue weighted by molar-refractivity contribution is 0.0532. The Hall–Kier alpha value is -1.55. The summed E-state index contributed by atoms with van der Waals surface area (Å²) in [5.74, 6) is 0.496. The van der Waals surface area contributed by atoms with E-state index < -0.39 is 0 Å². The van der Waals surface area contributed by atoms with Crippen molar-refractivity contribution in [3.8, 4) is 10.6 Å². The highest BCUT2D eigenvalue weighted by Gasteiger charge is 2.11. The number of furan rings is 1. The van der Waals surface area contributed by atoms with E-state index in [1.807, 2.05) is 18.2 Å². The number of hydrogen-bond acceptors (Lipinski definition) is 4. The van der Waals surface area contributed by atoms with Crippen molar-refractivity contribution in [1.82, 2.24) is 0 Å². The quantitative estimate of drug-likeness (QED) is 0.749. The monoisotopic (exact) mass is 222 g/mol. The topological polar surface area (TPSA) is 39.4 Å². The van der Waals surface area contributed by atoms with E-state index in [-0.39, 0.29) is 5.97 Å². The predicted molar refractivity (Wildman–Crippen MR) is 58.0 cm³/mol. The first-order valence-electron chi connectivity index (χ1n) is 4.62. The van der Waals surface area contributed by atoms with Crippen molar-refractivity contribution in [2.24, 2.45) is 0 Å². The minimum Gasteiger partial charge on any atom is -0.464 e. The van der Waals surface area contributed by atoms with E-state index in [1.165, 1.54) is 11.3 Å². The molecule has 0 aliphatic carbocycles. The van der Waals surface area contributed by atoms with Crippen LogP contribution in [0.2, 0.25) is 0 Å². The molecule has 3 nitrogen and oxygen atoms in total. The number of ether oxygens (including phenoxy) is 1. The minimum atomic E-state index is -0.277. The van der Waals surface area contributed by atoms with Crippen LogP contribution >= 0.6 is 11.3 Å². The van der Waals surface area contributed by atoms with E-state index in [9.17, 15) is 4.79 Å². The summed E-state index contributed by atoms with van der Waals surface area (Å²) < 4.78 is 10.1. The molecule has 15 heavy (non-hydrogen) atoms. The van der Waals surface area contributed by atoms with E-state index in [4.69, 9.17) is 9.15 Å². The van der Waals surface area contributed by atoms with E-state index >= 15 is 0 Å². The second kappa shape index (κ2) is 4.31. The zero-order valence-electron chi connectivity index (χ0n) is 8.23. The summed E-state index contributed by atoms with van der Waals surface area (Å²) in [6.07, 6.45) is 1.61. The number of hydrogen-bond donors (Lipinski definition) is 0.